The van der Waals surface area contributed by atoms with Crippen molar-refractivity contribution in [3.8, 4) is 6.07 Å². The number of carbonyl (C=O) groups is 1. The summed E-state index contributed by atoms with van der Waals surface area (Å²) in [5, 5.41) is 20.8. The standard InChI is InChI=1S/C22H23N3O3/c23-14-20-19(10-5-11-24-20)22(27)12-17-8-4-9-18(13-22)25(17)21(26)28-15-16-6-2-1-3-7-16/h1-3,5-7,10-11,17-18,27H,4,8-9,12-13,15H2. The summed E-state index contributed by atoms with van der Waals surface area (Å²) in [6.45, 7) is 0.237. The number of rotatable bonds is 3. The third-order valence-electron chi connectivity index (χ3n) is 5.84. The predicted molar refractivity (Wildman–Crippen MR) is 102 cm³/mol. The first-order valence-electron chi connectivity index (χ1n) is 9.68. The van der Waals surface area contributed by atoms with Crippen LogP contribution in [0.15, 0.2) is 48.7 Å². The van der Waals surface area contributed by atoms with E-state index in [0.717, 1.165) is 24.8 Å². The predicted octanol–water partition coefficient (Wildman–Crippen LogP) is 3.49. The van der Waals surface area contributed by atoms with Gasteiger partial charge in [0.05, 0.1) is 5.60 Å². The summed E-state index contributed by atoms with van der Waals surface area (Å²) >= 11 is 0. The van der Waals surface area contributed by atoms with Crippen LogP contribution >= 0.6 is 0 Å². The van der Waals surface area contributed by atoms with Gasteiger partial charge in [0.2, 0.25) is 0 Å². The highest BCUT2D eigenvalue weighted by Crippen LogP contribution is 2.45. The number of fused-ring (bicyclic) bond motifs is 2. The van der Waals surface area contributed by atoms with Gasteiger partial charge in [-0.1, -0.05) is 36.4 Å². The first-order chi connectivity index (χ1) is 13.6. The van der Waals surface area contributed by atoms with Gasteiger partial charge in [-0.2, -0.15) is 5.26 Å². The number of aliphatic hydroxyl groups is 1. The van der Waals surface area contributed by atoms with E-state index >= 15 is 0 Å². The summed E-state index contributed by atoms with van der Waals surface area (Å²) in [6, 6.07) is 15.0. The fourth-order valence-electron chi connectivity index (χ4n) is 4.61. The van der Waals surface area contributed by atoms with Crippen molar-refractivity contribution in [1.82, 2.24) is 9.88 Å². The molecule has 1 aromatic carbocycles. The zero-order valence-corrected chi connectivity index (χ0v) is 15.6. The fraction of sp³-hybridized carbons (Fsp3) is 0.409. The lowest BCUT2D eigenvalue weighted by Gasteiger charge is -2.51. The van der Waals surface area contributed by atoms with Gasteiger partial charge in [-0.05, 0) is 30.9 Å². The average Bonchev–Trinajstić information content (AvgIpc) is 2.72. The van der Waals surface area contributed by atoms with Gasteiger partial charge < -0.3 is 14.7 Å². The van der Waals surface area contributed by atoms with Crippen molar-refractivity contribution >= 4 is 6.09 Å². The van der Waals surface area contributed by atoms with E-state index in [4.69, 9.17) is 4.74 Å². The lowest BCUT2D eigenvalue weighted by Crippen LogP contribution is -2.59. The molecule has 2 fully saturated rings. The molecule has 2 aromatic rings. The van der Waals surface area contributed by atoms with Crippen molar-refractivity contribution < 1.29 is 14.6 Å². The molecule has 144 valence electrons. The van der Waals surface area contributed by atoms with Crippen LogP contribution in [-0.4, -0.2) is 33.2 Å². The van der Waals surface area contributed by atoms with Gasteiger partial charge in [0.25, 0.3) is 0 Å². The van der Waals surface area contributed by atoms with Gasteiger partial charge in [-0.3, -0.25) is 0 Å². The van der Waals surface area contributed by atoms with E-state index in [0.29, 0.717) is 18.4 Å². The molecular formula is C22H23N3O3. The number of ether oxygens (including phenoxy) is 1. The molecule has 2 bridgehead atoms. The number of piperidine rings is 2. The van der Waals surface area contributed by atoms with Crippen LogP contribution in [0.4, 0.5) is 4.79 Å². The van der Waals surface area contributed by atoms with Gasteiger partial charge in [0, 0.05) is 36.7 Å². The smallest absolute Gasteiger partial charge is 0.410 e. The Kier molecular flexibility index (Phi) is 5.01. The van der Waals surface area contributed by atoms with Crippen molar-refractivity contribution in [2.75, 3.05) is 0 Å². The lowest BCUT2D eigenvalue weighted by molar-refractivity contribution is -0.0899. The minimum atomic E-state index is -1.15. The Morgan fingerprint density at radius 1 is 1.21 bits per heavy atom. The Balaban J connectivity index is 1.52. The highest BCUT2D eigenvalue weighted by atomic mass is 16.6. The van der Waals surface area contributed by atoms with Crippen LogP contribution in [0.25, 0.3) is 0 Å². The SMILES string of the molecule is N#Cc1ncccc1C1(O)CC2CCCC(C1)N2C(=O)OCc1ccccc1. The molecular weight excluding hydrogens is 354 g/mol. The Labute approximate surface area is 164 Å². The number of benzene rings is 1. The van der Waals surface area contributed by atoms with Gasteiger partial charge >= 0.3 is 6.09 Å². The number of hydrogen-bond acceptors (Lipinski definition) is 5. The first-order valence-corrected chi connectivity index (χ1v) is 9.68. The van der Waals surface area contributed by atoms with E-state index < -0.39 is 5.60 Å². The molecule has 28 heavy (non-hydrogen) atoms. The average molecular weight is 377 g/mol. The fourth-order valence-corrected chi connectivity index (χ4v) is 4.61. The Bertz CT molecular complexity index is 879. The van der Waals surface area contributed by atoms with E-state index in [1.165, 1.54) is 0 Å². The van der Waals surface area contributed by atoms with Crippen LogP contribution in [0.3, 0.4) is 0 Å². The van der Waals surface area contributed by atoms with E-state index in [2.05, 4.69) is 11.1 Å². The minimum Gasteiger partial charge on any atom is -0.445 e. The van der Waals surface area contributed by atoms with E-state index in [1.807, 2.05) is 35.2 Å². The van der Waals surface area contributed by atoms with Crippen molar-refractivity contribution in [2.45, 2.75) is 56.4 Å². The molecule has 2 aliphatic heterocycles. The first kappa shape index (κ1) is 18.5. The van der Waals surface area contributed by atoms with Gasteiger partial charge in [-0.15, -0.1) is 0 Å². The molecule has 2 saturated heterocycles. The molecule has 2 unspecified atom stereocenters. The third-order valence-corrected chi connectivity index (χ3v) is 5.84. The maximum atomic E-state index is 12.8. The molecule has 3 heterocycles. The summed E-state index contributed by atoms with van der Waals surface area (Å²) in [6.07, 6.45) is 4.68. The quantitative estimate of drug-likeness (QED) is 0.885. The summed E-state index contributed by atoms with van der Waals surface area (Å²) in [7, 11) is 0. The highest BCUT2D eigenvalue weighted by Gasteiger charge is 2.49. The summed E-state index contributed by atoms with van der Waals surface area (Å²) in [5.41, 5.74) is 0.615. The summed E-state index contributed by atoms with van der Waals surface area (Å²) < 4.78 is 5.56. The number of nitrogens with zero attached hydrogens (tertiary/aromatic N) is 3. The number of aromatic nitrogens is 1. The molecule has 1 amide bonds. The van der Waals surface area contributed by atoms with Crippen LogP contribution in [-0.2, 0) is 16.9 Å². The molecule has 2 atom stereocenters. The molecule has 6 nitrogen and oxygen atoms in total. The van der Waals surface area contributed by atoms with Crippen LogP contribution in [0, 0.1) is 11.3 Å². The molecule has 0 aliphatic carbocycles. The number of hydrogen-bond donors (Lipinski definition) is 1. The molecule has 0 saturated carbocycles. The Morgan fingerprint density at radius 3 is 2.61 bits per heavy atom. The molecule has 6 heteroatoms. The Hall–Kier alpha value is -2.91. The van der Waals surface area contributed by atoms with E-state index in [9.17, 15) is 15.2 Å². The second-order valence-electron chi connectivity index (χ2n) is 7.64. The maximum Gasteiger partial charge on any atom is 0.410 e. The molecule has 0 radical (unpaired) electrons. The molecule has 0 spiro atoms. The zero-order chi connectivity index (χ0) is 19.6. The molecule has 1 N–H and O–H groups in total. The molecule has 4 rings (SSSR count). The minimum absolute atomic E-state index is 0.104. The van der Waals surface area contributed by atoms with Crippen LogP contribution in [0.5, 0.6) is 0 Å². The lowest BCUT2D eigenvalue weighted by atomic mass is 9.72. The molecule has 2 aliphatic rings. The van der Waals surface area contributed by atoms with Crippen LogP contribution < -0.4 is 0 Å². The van der Waals surface area contributed by atoms with Crippen molar-refractivity contribution in [2.24, 2.45) is 0 Å². The van der Waals surface area contributed by atoms with Crippen molar-refractivity contribution in [3.05, 3.63) is 65.5 Å². The molecule has 1 aromatic heterocycles. The topological polar surface area (TPSA) is 86.5 Å². The zero-order valence-electron chi connectivity index (χ0n) is 15.6. The summed E-state index contributed by atoms with van der Waals surface area (Å²) in [4.78, 5) is 18.7. The monoisotopic (exact) mass is 377 g/mol. The second kappa shape index (κ2) is 7.61. The van der Waals surface area contributed by atoms with Crippen LogP contribution in [0.2, 0.25) is 0 Å². The highest BCUT2D eigenvalue weighted by molar-refractivity contribution is 5.69. The Morgan fingerprint density at radius 2 is 1.93 bits per heavy atom. The van der Waals surface area contributed by atoms with E-state index in [1.54, 1.807) is 18.3 Å². The normalized spacial score (nSPS) is 26.4. The van der Waals surface area contributed by atoms with E-state index in [-0.39, 0.29) is 30.5 Å². The summed E-state index contributed by atoms with van der Waals surface area (Å²) in [5.74, 6) is 0. The number of amides is 1. The van der Waals surface area contributed by atoms with Gasteiger partial charge in [0.15, 0.2) is 0 Å². The maximum absolute atomic E-state index is 12.8. The van der Waals surface area contributed by atoms with Crippen molar-refractivity contribution in [1.29, 1.82) is 5.26 Å². The third kappa shape index (κ3) is 3.46. The van der Waals surface area contributed by atoms with Gasteiger partial charge in [-0.25, -0.2) is 9.78 Å². The largest absolute Gasteiger partial charge is 0.445 e. The van der Waals surface area contributed by atoms with Gasteiger partial charge in [0.1, 0.15) is 18.4 Å². The van der Waals surface area contributed by atoms with Crippen LogP contribution in [0.1, 0.15) is 48.9 Å². The second-order valence-corrected chi connectivity index (χ2v) is 7.64. The van der Waals surface area contributed by atoms with Crippen molar-refractivity contribution in [3.63, 3.8) is 0 Å². The number of pyridine rings is 1. The number of carbonyl (C=O) groups excluding carboxylic acids is 1. The number of nitriles is 1.